The highest BCUT2D eigenvalue weighted by atomic mass is 16.1. The lowest BCUT2D eigenvalue weighted by molar-refractivity contribution is 0.0951. The molecule has 0 radical (unpaired) electrons. The zero-order valence-corrected chi connectivity index (χ0v) is 13.6. The Morgan fingerprint density at radius 1 is 1.16 bits per heavy atom. The third-order valence-electron chi connectivity index (χ3n) is 4.02. The molecule has 0 spiro atoms. The van der Waals surface area contributed by atoms with Crippen LogP contribution in [0.2, 0.25) is 0 Å². The molecule has 7 nitrogen and oxygen atoms in total. The Kier molecular flexibility index (Phi) is 3.74. The molecule has 1 amide bonds. The van der Waals surface area contributed by atoms with E-state index >= 15 is 0 Å². The van der Waals surface area contributed by atoms with E-state index in [-0.39, 0.29) is 5.91 Å². The number of aromatic amines is 1. The predicted molar refractivity (Wildman–Crippen MR) is 93.4 cm³/mol. The molecule has 0 aliphatic carbocycles. The van der Waals surface area contributed by atoms with Crippen LogP contribution < -0.4 is 5.32 Å². The van der Waals surface area contributed by atoms with Crippen LogP contribution in [0.25, 0.3) is 16.9 Å². The van der Waals surface area contributed by atoms with E-state index in [0.29, 0.717) is 12.1 Å². The number of rotatable bonds is 4. The van der Waals surface area contributed by atoms with Crippen molar-refractivity contribution in [3.63, 3.8) is 0 Å². The summed E-state index contributed by atoms with van der Waals surface area (Å²) in [7, 11) is 0. The minimum Gasteiger partial charge on any atom is -0.348 e. The fourth-order valence-corrected chi connectivity index (χ4v) is 2.68. The number of carbonyl (C=O) groups is 1. The number of hydrogen-bond donors (Lipinski definition) is 2. The summed E-state index contributed by atoms with van der Waals surface area (Å²) in [6.45, 7) is 2.34. The maximum Gasteiger partial charge on any atom is 0.251 e. The van der Waals surface area contributed by atoms with Crippen molar-refractivity contribution in [3.8, 4) is 5.82 Å². The second-order valence-electron chi connectivity index (χ2n) is 5.68. The lowest BCUT2D eigenvalue weighted by atomic mass is 10.2. The van der Waals surface area contributed by atoms with Crippen LogP contribution in [0.5, 0.6) is 0 Å². The van der Waals surface area contributed by atoms with Crippen molar-refractivity contribution in [2.75, 3.05) is 0 Å². The number of pyridine rings is 1. The standard InChI is InChI=1S/C18H16N6O/c1-12-19-6-7-24(12)17-8-13(4-5-20-17)10-21-18(25)14-2-3-15-16(9-14)23-11-22-15/h2-9,11H,10H2,1H3,(H,21,25)(H,22,23). The van der Waals surface area contributed by atoms with Crippen molar-refractivity contribution >= 4 is 16.9 Å². The number of aryl methyl sites for hydroxylation is 1. The minimum absolute atomic E-state index is 0.131. The minimum atomic E-state index is -0.131. The fraction of sp³-hybridized carbons (Fsp3) is 0.111. The molecule has 0 saturated carbocycles. The topological polar surface area (TPSA) is 88.5 Å². The monoisotopic (exact) mass is 332 g/mol. The smallest absolute Gasteiger partial charge is 0.251 e. The van der Waals surface area contributed by atoms with Crippen molar-refractivity contribution in [1.29, 1.82) is 0 Å². The Bertz CT molecular complexity index is 1050. The van der Waals surface area contributed by atoms with E-state index in [4.69, 9.17) is 0 Å². The summed E-state index contributed by atoms with van der Waals surface area (Å²) in [6, 6.07) is 9.21. The van der Waals surface area contributed by atoms with E-state index in [1.165, 1.54) is 0 Å². The van der Waals surface area contributed by atoms with Gasteiger partial charge in [-0.3, -0.25) is 9.36 Å². The van der Waals surface area contributed by atoms with Crippen LogP contribution in [-0.2, 0) is 6.54 Å². The molecule has 0 bridgehead atoms. The number of aromatic nitrogens is 5. The van der Waals surface area contributed by atoms with Crippen molar-refractivity contribution in [1.82, 2.24) is 29.8 Å². The molecule has 0 aliphatic heterocycles. The van der Waals surface area contributed by atoms with Gasteiger partial charge in [0.2, 0.25) is 0 Å². The number of nitrogens with zero attached hydrogens (tertiary/aromatic N) is 4. The van der Waals surface area contributed by atoms with Crippen LogP contribution in [0.1, 0.15) is 21.7 Å². The van der Waals surface area contributed by atoms with E-state index < -0.39 is 0 Å². The van der Waals surface area contributed by atoms with Crippen molar-refractivity contribution < 1.29 is 4.79 Å². The first-order valence-electron chi connectivity index (χ1n) is 7.87. The quantitative estimate of drug-likeness (QED) is 0.600. The average molecular weight is 332 g/mol. The molecule has 0 fully saturated rings. The van der Waals surface area contributed by atoms with Gasteiger partial charge in [-0.1, -0.05) is 0 Å². The van der Waals surface area contributed by atoms with Gasteiger partial charge in [-0.05, 0) is 42.8 Å². The predicted octanol–water partition coefficient (Wildman–Crippen LogP) is 2.38. The Balaban J connectivity index is 1.49. The van der Waals surface area contributed by atoms with Crippen LogP contribution in [0, 0.1) is 6.92 Å². The van der Waals surface area contributed by atoms with E-state index in [0.717, 1.165) is 28.2 Å². The van der Waals surface area contributed by atoms with E-state index in [1.807, 2.05) is 35.9 Å². The molecule has 7 heteroatoms. The maximum atomic E-state index is 12.4. The molecule has 3 heterocycles. The molecule has 0 atom stereocenters. The first-order valence-corrected chi connectivity index (χ1v) is 7.87. The Morgan fingerprint density at radius 2 is 2.08 bits per heavy atom. The fourth-order valence-electron chi connectivity index (χ4n) is 2.68. The molecule has 0 unspecified atom stereocenters. The van der Waals surface area contributed by atoms with Crippen molar-refractivity contribution in [2.24, 2.45) is 0 Å². The second-order valence-corrected chi connectivity index (χ2v) is 5.68. The number of benzene rings is 1. The van der Waals surface area contributed by atoms with Crippen LogP contribution in [-0.4, -0.2) is 30.4 Å². The zero-order valence-electron chi connectivity index (χ0n) is 13.6. The molecular formula is C18H16N6O. The second kappa shape index (κ2) is 6.20. The summed E-state index contributed by atoms with van der Waals surface area (Å²) in [5.74, 6) is 1.51. The van der Waals surface area contributed by atoms with E-state index in [2.05, 4.69) is 25.3 Å². The van der Waals surface area contributed by atoms with Crippen LogP contribution in [0.15, 0.2) is 55.2 Å². The number of carbonyl (C=O) groups excluding carboxylic acids is 1. The SMILES string of the molecule is Cc1nccn1-c1cc(CNC(=O)c2ccc3nc[nH]c3c2)ccn1. The number of H-pyrrole nitrogens is 1. The van der Waals surface area contributed by atoms with Gasteiger partial charge in [-0.2, -0.15) is 0 Å². The molecule has 2 N–H and O–H groups in total. The third kappa shape index (κ3) is 2.99. The largest absolute Gasteiger partial charge is 0.348 e. The van der Waals surface area contributed by atoms with Gasteiger partial charge < -0.3 is 10.3 Å². The van der Waals surface area contributed by atoms with Gasteiger partial charge in [-0.15, -0.1) is 0 Å². The van der Waals surface area contributed by atoms with Gasteiger partial charge >= 0.3 is 0 Å². The lowest BCUT2D eigenvalue weighted by Gasteiger charge is -2.08. The van der Waals surface area contributed by atoms with Crippen LogP contribution in [0.4, 0.5) is 0 Å². The molecule has 4 rings (SSSR count). The van der Waals surface area contributed by atoms with Gasteiger partial charge in [-0.25, -0.2) is 15.0 Å². The molecule has 25 heavy (non-hydrogen) atoms. The third-order valence-corrected chi connectivity index (χ3v) is 4.02. The summed E-state index contributed by atoms with van der Waals surface area (Å²) in [5, 5.41) is 2.93. The Hall–Kier alpha value is -3.48. The number of hydrogen-bond acceptors (Lipinski definition) is 4. The molecule has 4 aromatic rings. The normalized spacial score (nSPS) is 10.9. The highest BCUT2D eigenvalue weighted by Gasteiger charge is 2.08. The van der Waals surface area contributed by atoms with Crippen molar-refractivity contribution in [3.05, 3.63) is 72.2 Å². The molecule has 0 aliphatic rings. The van der Waals surface area contributed by atoms with E-state index in [1.54, 1.807) is 30.9 Å². The van der Waals surface area contributed by atoms with Gasteiger partial charge in [0.1, 0.15) is 11.6 Å². The van der Waals surface area contributed by atoms with E-state index in [9.17, 15) is 4.79 Å². The highest BCUT2D eigenvalue weighted by Crippen LogP contribution is 2.12. The zero-order chi connectivity index (χ0) is 17.2. The van der Waals surface area contributed by atoms with Crippen LogP contribution >= 0.6 is 0 Å². The van der Waals surface area contributed by atoms with Crippen molar-refractivity contribution in [2.45, 2.75) is 13.5 Å². The summed E-state index contributed by atoms with van der Waals surface area (Å²) in [5.41, 5.74) is 3.24. The molecular weight excluding hydrogens is 316 g/mol. The summed E-state index contributed by atoms with van der Waals surface area (Å²) in [4.78, 5) is 28.1. The lowest BCUT2D eigenvalue weighted by Crippen LogP contribution is -2.22. The van der Waals surface area contributed by atoms with Gasteiger partial charge in [0.15, 0.2) is 0 Å². The molecule has 124 valence electrons. The molecule has 1 aromatic carbocycles. The highest BCUT2D eigenvalue weighted by molar-refractivity contribution is 5.97. The Morgan fingerprint density at radius 3 is 2.92 bits per heavy atom. The molecule has 3 aromatic heterocycles. The number of amides is 1. The summed E-state index contributed by atoms with van der Waals surface area (Å²) >= 11 is 0. The van der Waals surface area contributed by atoms with Gasteiger partial charge in [0, 0.05) is 30.7 Å². The number of imidazole rings is 2. The van der Waals surface area contributed by atoms with Gasteiger partial charge in [0.05, 0.1) is 17.4 Å². The number of nitrogens with one attached hydrogen (secondary N) is 2. The summed E-state index contributed by atoms with van der Waals surface area (Å²) in [6.07, 6.45) is 6.94. The number of fused-ring (bicyclic) bond motifs is 1. The first-order chi connectivity index (χ1) is 12.2. The van der Waals surface area contributed by atoms with Crippen LogP contribution in [0.3, 0.4) is 0 Å². The maximum absolute atomic E-state index is 12.4. The average Bonchev–Trinajstić information content (AvgIpc) is 3.27. The first kappa shape index (κ1) is 15.1. The molecule has 0 saturated heterocycles. The Labute approximate surface area is 143 Å². The van der Waals surface area contributed by atoms with Gasteiger partial charge in [0.25, 0.3) is 5.91 Å². The summed E-state index contributed by atoms with van der Waals surface area (Å²) < 4.78 is 1.90.